The average Bonchev–Trinajstić information content (AvgIpc) is 2.35. The second-order valence-corrected chi connectivity index (χ2v) is 5.58. The van der Waals surface area contributed by atoms with Gasteiger partial charge in [0.1, 0.15) is 5.82 Å². The molecule has 0 aliphatic heterocycles. The van der Waals surface area contributed by atoms with E-state index in [9.17, 15) is 9.50 Å². The van der Waals surface area contributed by atoms with E-state index in [0.29, 0.717) is 10.6 Å². The molecule has 4 heteroatoms. The highest BCUT2D eigenvalue weighted by Crippen LogP contribution is 2.26. The zero-order valence-corrected chi connectivity index (χ0v) is 12.3. The number of halogens is 3. The predicted molar refractivity (Wildman–Crippen MR) is 79.2 cm³/mol. The van der Waals surface area contributed by atoms with Crippen molar-refractivity contribution >= 4 is 34.2 Å². The molecule has 0 spiro atoms. The first-order valence-corrected chi connectivity index (χ1v) is 6.90. The number of hydrogen-bond acceptors (Lipinski definition) is 1. The number of aliphatic hydroxyl groups is 1. The van der Waals surface area contributed by atoms with Gasteiger partial charge in [-0.25, -0.2) is 4.39 Å². The van der Waals surface area contributed by atoms with Crippen molar-refractivity contribution in [3.8, 4) is 0 Å². The molecule has 0 fully saturated rings. The third kappa shape index (κ3) is 3.22. The van der Waals surface area contributed by atoms with Crippen molar-refractivity contribution in [2.75, 3.05) is 0 Å². The topological polar surface area (TPSA) is 20.2 Å². The van der Waals surface area contributed by atoms with Gasteiger partial charge in [0, 0.05) is 15.0 Å². The van der Waals surface area contributed by atoms with Gasteiger partial charge < -0.3 is 5.11 Å². The Bertz CT molecular complexity index is 559. The summed E-state index contributed by atoms with van der Waals surface area (Å²) in [4.78, 5) is 0. The molecule has 2 rings (SSSR count). The molecule has 0 radical (unpaired) electrons. The molecule has 0 heterocycles. The maximum atomic E-state index is 13.5. The highest BCUT2D eigenvalue weighted by Gasteiger charge is 2.14. The molecule has 0 aliphatic carbocycles. The van der Waals surface area contributed by atoms with Gasteiger partial charge >= 0.3 is 0 Å². The predicted octanol–water partition coefficient (Wildman–Crippen LogP) is 4.36. The molecule has 1 unspecified atom stereocenters. The van der Waals surface area contributed by atoms with Crippen LogP contribution in [-0.2, 0) is 6.42 Å². The lowest BCUT2D eigenvalue weighted by Crippen LogP contribution is -2.05. The monoisotopic (exact) mass is 376 g/mol. The first-order valence-electron chi connectivity index (χ1n) is 5.44. The lowest BCUT2D eigenvalue weighted by atomic mass is 10.0. The van der Waals surface area contributed by atoms with Crippen molar-refractivity contribution < 1.29 is 9.50 Å². The molecule has 1 N–H and O–H groups in total. The number of hydrogen-bond donors (Lipinski definition) is 1. The summed E-state index contributed by atoms with van der Waals surface area (Å²) in [7, 11) is 0. The average molecular weight is 377 g/mol. The SMILES string of the molecule is OC(Cc1ccccc1F)c1cc(Cl)ccc1I. The molecule has 2 aromatic carbocycles. The Balaban J connectivity index is 2.25. The Labute approximate surface area is 124 Å². The van der Waals surface area contributed by atoms with E-state index in [2.05, 4.69) is 22.6 Å². The third-order valence-corrected chi connectivity index (χ3v) is 3.91. The Morgan fingerprint density at radius 2 is 1.94 bits per heavy atom. The van der Waals surface area contributed by atoms with Gasteiger partial charge in [-0.3, -0.25) is 0 Å². The van der Waals surface area contributed by atoms with Crippen LogP contribution in [0.3, 0.4) is 0 Å². The summed E-state index contributed by atoms with van der Waals surface area (Å²) in [5.74, 6) is -0.298. The van der Waals surface area contributed by atoms with Gasteiger partial charge in [-0.05, 0) is 58.0 Å². The standard InChI is InChI=1S/C14H11ClFIO/c15-10-5-6-13(17)11(8-10)14(18)7-9-3-1-2-4-12(9)16/h1-6,8,14,18H,7H2. The minimum atomic E-state index is -0.757. The molecule has 0 saturated heterocycles. The van der Waals surface area contributed by atoms with Gasteiger partial charge in [0.15, 0.2) is 0 Å². The van der Waals surface area contributed by atoms with Crippen molar-refractivity contribution in [2.24, 2.45) is 0 Å². The lowest BCUT2D eigenvalue weighted by molar-refractivity contribution is 0.176. The molecule has 0 aliphatic rings. The van der Waals surface area contributed by atoms with Crippen LogP contribution in [0.4, 0.5) is 4.39 Å². The van der Waals surface area contributed by atoms with E-state index in [0.717, 1.165) is 9.13 Å². The van der Waals surface area contributed by atoms with Gasteiger partial charge in [-0.2, -0.15) is 0 Å². The van der Waals surface area contributed by atoms with Crippen LogP contribution in [0.15, 0.2) is 42.5 Å². The van der Waals surface area contributed by atoms with E-state index in [-0.39, 0.29) is 12.2 Å². The summed E-state index contributed by atoms with van der Waals surface area (Å²) in [5.41, 5.74) is 1.23. The Morgan fingerprint density at radius 3 is 2.67 bits per heavy atom. The summed E-state index contributed by atoms with van der Waals surface area (Å²) in [6, 6.07) is 11.8. The zero-order chi connectivity index (χ0) is 13.1. The van der Waals surface area contributed by atoms with Crippen LogP contribution in [0, 0.1) is 9.39 Å². The quantitative estimate of drug-likeness (QED) is 0.789. The summed E-state index contributed by atoms with van der Waals surface area (Å²) in [6.07, 6.45) is -0.518. The van der Waals surface area contributed by atoms with E-state index >= 15 is 0 Å². The number of benzene rings is 2. The Kier molecular flexibility index (Phi) is 4.59. The highest BCUT2D eigenvalue weighted by atomic mass is 127. The minimum absolute atomic E-state index is 0.239. The second-order valence-electron chi connectivity index (χ2n) is 3.98. The number of aliphatic hydroxyl groups excluding tert-OH is 1. The first kappa shape index (κ1) is 13.8. The van der Waals surface area contributed by atoms with Gasteiger partial charge in [0.2, 0.25) is 0 Å². The van der Waals surface area contributed by atoms with Crippen molar-refractivity contribution in [1.29, 1.82) is 0 Å². The van der Waals surface area contributed by atoms with Gasteiger partial charge in [-0.15, -0.1) is 0 Å². The lowest BCUT2D eigenvalue weighted by Gasteiger charge is -2.14. The molecule has 94 valence electrons. The molecule has 0 saturated carbocycles. The fourth-order valence-corrected chi connectivity index (χ4v) is 2.63. The van der Waals surface area contributed by atoms with Crippen LogP contribution in [-0.4, -0.2) is 5.11 Å². The molecule has 0 aromatic heterocycles. The van der Waals surface area contributed by atoms with Crippen LogP contribution in [0.25, 0.3) is 0 Å². The van der Waals surface area contributed by atoms with Gasteiger partial charge in [0.05, 0.1) is 6.10 Å². The molecule has 0 amide bonds. The van der Waals surface area contributed by atoms with E-state index in [1.54, 1.807) is 30.3 Å². The van der Waals surface area contributed by atoms with Crippen LogP contribution in [0.2, 0.25) is 5.02 Å². The van der Waals surface area contributed by atoms with Crippen molar-refractivity contribution in [1.82, 2.24) is 0 Å². The van der Waals surface area contributed by atoms with Gasteiger partial charge in [0.25, 0.3) is 0 Å². The van der Waals surface area contributed by atoms with E-state index in [1.165, 1.54) is 6.07 Å². The highest BCUT2D eigenvalue weighted by molar-refractivity contribution is 14.1. The molecular weight excluding hydrogens is 366 g/mol. The van der Waals surface area contributed by atoms with Crippen molar-refractivity contribution in [3.05, 3.63) is 68.0 Å². The van der Waals surface area contributed by atoms with Gasteiger partial charge in [-0.1, -0.05) is 29.8 Å². The smallest absolute Gasteiger partial charge is 0.126 e. The second kappa shape index (κ2) is 5.99. The summed E-state index contributed by atoms with van der Waals surface area (Å²) < 4.78 is 14.4. The normalized spacial score (nSPS) is 12.4. The van der Waals surface area contributed by atoms with E-state index < -0.39 is 6.10 Å². The van der Waals surface area contributed by atoms with E-state index in [4.69, 9.17) is 11.6 Å². The third-order valence-electron chi connectivity index (χ3n) is 2.69. The van der Waals surface area contributed by atoms with Crippen LogP contribution < -0.4 is 0 Å². The maximum absolute atomic E-state index is 13.5. The Morgan fingerprint density at radius 1 is 1.22 bits per heavy atom. The number of rotatable bonds is 3. The van der Waals surface area contributed by atoms with Crippen LogP contribution >= 0.6 is 34.2 Å². The molecule has 18 heavy (non-hydrogen) atoms. The maximum Gasteiger partial charge on any atom is 0.126 e. The molecule has 2 aromatic rings. The largest absolute Gasteiger partial charge is 0.388 e. The molecule has 1 nitrogen and oxygen atoms in total. The minimum Gasteiger partial charge on any atom is -0.388 e. The van der Waals surface area contributed by atoms with Crippen LogP contribution in [0.1, 0.15) is 17.2 Å². The molecule has 0 bridgehead atoms. The Hall–Kier alpha value is -0.650. The zero-order valence-electron chi connectivity index (χ0n) is 9.41. The van der Waals surface area contributed by atoms with Crippen molar-refractivity contribution in [2.45, 2.75) is 12.5 Å². The molecule has 1 atom stereocenters. The van der Waals surface area contributed by atoms with Crippen molar-refractivity contribution in [3.63, 3.8) is 0 Å². The molecular formula is C14H11ClFIO. The summed E-state index contributed by atoms with van der Waals surface area (Å²) >= 11 is 8.04. The fourth-order valence-electron chi connectivity index (χ4n) is 1.75. The van der Waals surface area contributed by atoms with Crippen LogP contribution in [0.5, 0.6) is 0 Å². The first-order chi connectivity index (χ1) is 8.58. The van der Waals surface area contributed by atoms with E-state index in [1.807, 2.05) is 6.07 Å². The summed E-state index contributed by atoms with van der Waals surface area (Å²) in [6.45, 7) is 0. The summed E-state index contributed by atoms with van der Waals surface area (Å²) in [5, 5.41) is 10.7. The fraction of sp³-hybridized carbons (Fsp3) is 0.143.